The maximum atomic E-state index is 8.52. The molecule has 0 atom stereocenters. The Morgan fingerprint density at radius 2 is 1.33 bits per heavy atom. The van der Waals surface area contributed by atoms with Gasteiger partial charge in [0.25, 0.3) is 0 Å². The Morgan fingerprint density at radius 1 is 1.33 bits per heavy atom. The van der Waals surface area contributed by atoms with E-state index in [1.54, 1.807) is 0 Å². The average Bonchev–Trinajstić information content (AvgIpc) is 0.811. The molecule has 2 N–H and O–H groups in total. The smallest absolute Gasteiger partial charge is 0.672 e. The molecule has 4 nitrogen and oxygen atoms in total. The summed E-state index contributed by atoms with van der Waals surface area (Å²) in [5.74, 6) is 0. The summed E-state index contributed by atoms with van der Waals surface area (Å²) < 4.78 is 8.52. The predicted molar refractivity (Wildman–Crippen MR) is 10.1 cm³/mol. The minimum Gasteiger partial charge on any atom is -0.672 e. The maximum absolute atomic E-state index is 8.52. The van der Waals surface area contributed by atoms with Crippen molar-refractivity contribution in [1.82, 2.24) is 0 Å². The van der Waals surface area contributed by atoms with Crippen molar-refractivity contribution in [2.45, 2.75) is 0 Å². The van der Waals surface area contributed by atoms with E-state index in [1.807, 2.05) is 0 Å². The van der Waals surface area contributed by atoms with Gasteiger partial charge >= 0.3 is 17.1 Å². The summed E-state index contributed by atoms with van der Waals surface area (Å²) in [7, 11) is -3.63. The van der Waals surface area contributed by atoms with Gasteiger partial charge in [0.05, 0.1) is 0 Å². The van der Waals surface area contributed by atoms with Gasteiger partial charge in [0.15, 0.2) is 0 Å². The van der Waals surface area contributed by atoms with Crippen LogP contribution in [-0.2, 0) is 21.5 Å². The molecule has 0 heterocycles. The normalized spacial score (nSPS) is 4.00. The molecule has 0 unspecified atom stereocenters. The van der Waals surface area contributed by atoms with Gasteiger partial charge < -0.3 is 19.5 Å². The van der Waals surface area contributed by atoms with Gasteiger partial charge in [0.1, 0.15) is 0 Å². The summed E-state index contributed by atoms with van der Waals surface area (Å²) in [5.41, 5.74) is 0. The van der Waals surface area contributed by atoms with Crippen molar-refractivity contribution in [2.75, 3.05) is 0 Å². The second-order valence-electron chi connectivity index (χ2n) is 0.250. The summed E-state index contributed by atoms with van der Waals surface area (Å²) in [4.78, 5) is 17.0. The SMILES string of the molecule is O.O=[Si]([O-])[O-].[Cu+2]. The number of rotatable bonds is 0. The van der Waals surface area contributed by atoms with Crippen molar-refractivity contribution in [1.29, 1.82) is 0 Å². The van der Waals surface area contributed by atoms with Crippen LogP contribution < -0.4 is 9.59 Å². The largest absolute Gasteiger partial charge is 2.00 e. The van der Waals surface area contributed by atoms with E-state index in [0.717, 1.165) is 0 Å². The van der Waals surface area contributed by atoms with Crippen LogP contribution in [-0.4, -0.2) is 14.6 Å². The topological polar surface area (TPSA) is 94.7 Å². The zero-order valence-electron chi connectivity index (χ0n) is 2.53. The first kappa shape index (κ1) is 16.5. The van der Waals surface area contributed by atoms with E-state index < -0.39 is 9.17 Å². The van der Waals surface area contributed by atoms with E-state index in [1.165, 1.54) is 0 Å². The summed E-state index contributed by atoms with van der Waals surface area (Å²) in [6.45, 7) is 0. The van der Waals surface area contributed by atoms with Crippen LogP contribution in [0.5, 0.6) is 0 Å². The third kappa shape index (κ3) is 4230. The fraction of sp³-hybridized carbons (Fsp3) is 0. The second kappa shape index (κ2) is 8.92. The van der Waals surface area contributed by atoms with Crippen molar-refractivity contribution in [3.8, 4) is 0 Å². The summed E-state index contributed by atoms with van der Waals surface area (Å²) in [6, 6.07) is 0. The zero-order valence-corrected chi connectivity index (χ0v) is 4.47. The van der Waals surface area contributed by atoms with Crippen LogP contribution in [0.2, 0.25) is 0 Å². The van der Waals surface area contributed by atoms with Crippen LogP contribution in [0.1, 0.15) is 0 Å². The third-order valence-corrected chi connectivity index (χ3v) is 0. The van der Waals surface area contributed by atoms with Gasteiger partial charge in [-0.2, -0.15) is 0 Å². The summed E-state index contributed by atoms with van der Waals surface area (Å²) in [5, 5.41) is 0. The first-order valence-corrected chi connectivity index (χ1v) is 1.84. The summed E-state index contributed by atoms with van der Waals surface area (Å²) in [6.07, 6.45) is 0. The third-order valence-electron chi connectivity index (χ3n) is 0. The van der Waals surface area contributed by atoms with E-state index in [4.69, 9.17) is 14.1 Å². The molecule has 0 aromatic heterocycles. The Labute approximate surface area is 46.5 Å². The average molecular weight is 158 g/mol. The molecule has 0 saturated carbocycles. The van der Waals surface area contributed by atoms with E-state index in [0.29, 0.717) is 0 Å². The molecule has 1 radical (unpaired) electrons. The Balaban J connectivity index is -0.0000000450. The summed E-state index contributed by atoms with van der Waals surface area (Å²) >= 11 is 0. The second-order valence-corrected chi connectivity index (χ2v) is 0.750. The van der Waals surface area contributed by atoms with Gasteiger partial charge in [-0.1, -0.05) is 0 Å². The molecule has 0 aliphatic carbocycles. The molecule has 6 heteroatoms. The molecule has 0 aromatic rings. The maximum Gasteiger partial charge on any atom is 2.00 e. The van der Waals surface area contributed by atoms with E-state index in [-0.39, 0.29) is 22.5 Å². The van der Waals surface area contributed by atoms with Gasteiger partial charge in [0.2, 0.25) is 0 Å². The fourth-order valence-electron chi connectivity index (χ4n) is 0. The molecule has 0 rings (SSSR count). The Morgan fingerprint density at radius 3 is 1.33 bits per heavy atom. The van der Waals surface area contributed by atoms with Gasteiger partial charge in [-0.15, -0.1) is 0 Å². The van der Waals surface area contributed by atoms with Crippen molar-refractivity contribution in [3.63, 3.8) is 0 Å². The molecule has 0 saturated heterocycles. The Kier molecular flexibility index (Phi) is 24.6. The predicted octanol–water partition coefficient (Wildman–Crippen LogP) is -3.70. The van der Waals surface area contributed by atoms with Gasteiger partial charge in [-0.05, 0) is 0 Å². The minimum atomic E-state index is -3.63. The number of hydrogen-bond donors (Lipinski definition) is 0. The van der Waals surface area contributed by atoms with Crippen molar-refractivity contribution >= 4 is 9.17 Å². The first-order chi connectivity index (χ1) is 1.73. The van der Waals surface area contributed by atoms with E-state index in [2.05, 4.69) is 0 Å². The molecule has 0 aliphatic rings. The monoisotopic (exact) mass is 157 g/mol. The minimum absolute atomic E-state index is 0. The molecule has 0 aromatic carbocycles. The van der Waals surface area contributed by atoms with Gasteiger partial charge in [0, 0.05) is 9.17 Å². The van der Waals surface area contributed by atoms with Crippen LogP contribution >= 0.6 is 0 Å². The molecule has 0 spiro atoms. The molecule has 0 bridgehead atoms. The molecule has 41 valence electrons. The van der Waals surface area contributed by atoms with E-state index in [9.17, 15) is 0 Å². The molecule has 0 amide bonds. The van der Waals surface area contributed by atoms with Crippen LogP contribution in [0.3, 0.4) is 0 Å². The molecular formula is H2CuO4Si. The van der Waals surface area contributed by atoms with Crippen LogP contribution in [0.4, 0.5) is 0 Å². The van der Waals surface area contributed by atoms with Crippen LogP contribution in [0, 0.1) is 0 Å². The molecule has 0 aliphatic heterocycles. The molecular weight excluding hydrogens is 156 g/mol. The van der Waals surface area contributed by atoms with Gasteiger partial charge in [-0.3, -0.25) is 0 Å². The Bertz CT molecular complexity index is 30.5. The van der Waals surface area contributed by atoms with Crippen molar-refractivity contribution in [3.05, 3.63) is 0 Å². The zero-order chi connectivity index (χ0) is 3.58. The first-order valence-electron chi connectivity index (χ1n) is 0.612. The Hall–Kier alpha value is 0.0964. The quantitative estimate of drug-likeness (QED) is 0.339. The van der Waals surface area contributed by atoms with Crippen LogP contribution in [0.25, 0.3) is 0 Å². The van der Waals surface area contributed by atoms with Crippen LogP contribution in [0.15, 0.2) is 0 Å². The molecule has 0 fully saturated rings. The molecule has 6 heavy (non-hydrogen) atoms. The van der Waals surface area contributed by atoms with Crippen molar-refractivity contribution < 1.29 is 36.6 Å². The fourth-order valence-corrected chi connectivity index (χ4v) is 0. The van der Waals surface area contributed by atoms with Crippen molar-refractivity contribution in [2.24, 2.45) is 0 Å². The number of hydrogen-bond acceptors (Lipinski definition) is 3. The van der Waals surface area contributed by atoms with E-state index >= 15 is 0 Å². The van der Waals surface area contributed by atoms with Gasteiger partial charge in [-0.25, -0.2) is 0 Å². The standard InChI is InChI=1S/Cu.O3Si.H2O/c;1-4(2)3;/h;;1H2/q+2;-2;.